The first-order chi connectivity index (χ1) is 10.7. The van der Waals surface area contributed by atoms with E-state index in [0.29, 0.717) is 0 Å². The molecule has 0 aliphatic carbocycles. The Morgan fingerprint density at radius 1 is 1.27 bits per heavy atom. The molecule has 1 aromatic carbocycles. The van der Waals surface area contributed by atoms with E-state index in [1.54, 1.807) is 0 Å². The van der Waals surface area contributed by atoms with E-state index in [1.807, 2.05) is 19.1 Å². The lowest BCUT2D eigenvalue weighted by Gasteiger charge is -2.25. The smallest absolute Gasteiger partial charge is 0.132 e. The second-order valence-electron chi connectivity index (χ2n) is 5.60. The predicted molar refractivity (Wildman–Crippen MR) is 86.9 cm³/mol. The molecule has 22 heavy (non-hydrogen) atoms. The minimum atomic E-state index is 0.0133. The molecular weight excluding hydrogens is 276 g/mol. The fourth-order valence-electron chi connectivity index (χ4n) is 2.63. The molecule has 0 spiro atoms. The third-order valence-electron chi connectivity index (χ3n) is 3.76. The largest absolute Gasteiger partial charge is 0.369 e. The van der Waals surface area contributed by atoms with Crippen molar-refractivity contribution in [2.75, 3.05) is 31.6 Å². The molecule has 1 aromatic heterocycles. The van der Waals surface area contributed by atoms with Gasteiger partial charge in [-0.25, -0.2) is 9.97 Å². The van der Waals surface area contributed by atoms with Gasteiger partial charge in [-0.05, 0) is 12.5 Å². The Morgan fingerprint density at radius 3 is 2.82 bits per heavy atom. The number of rotatable bonds is 4. The lowest BCUT2D eigenvalue weighted by atomic mass is 10.2. The second kappa shape index (κ2) is 6.85. The molecule has 0 saturated carbocycles. The topological polar surface area (TPSA) is 50.3 Å². The summed E-state index contributed by atoms with van der Waals surface area (Å²) in [6, 6.07) is 12.4. The van der Waals surface area contributed by atoms with Crippen LogP contribution in [0.15, 0.2) is 36.4 Å². The highest BCUT2D eigenvalue weighted by Crippen LogP contribution is 2.21. The van der Waals surface area contributed by atoms with Gasteiger partial charge in [0.2, 0.25) is 0 Å². The van der Waals surface area contributed by atoms with Crippen molar-refractivity contribution in [3.63, 3.8) is 0 Å². The van der Waals surface area contributed by atoms with Crippen LogP contribution in [0.4, 0.5) is 5.82 Å². The molecule has 2 heterocycles. The zero-order valence-corrected chi connectivity index (χ0v) is 13.1. The van der Waals surface area contributed by atoms with E-state index in [2.05, 4.69) is 51.5 Å². The quantitative estimate of drug-likeness (QED) is 0.936. The molecule has 5 heteroatoms. The normalized spacial score (nSPS) is 18.2. The Balaban J connectivity index is 1.79. The summed E-state index contributed by atoms with van der Waals surface area (Å²) >= 11 is 0. The van der Waals surface area contributed by atoms with Gasteiger partial charge in [0.05, 0.1) is 12.3 Å². The van der Waals surface area contributed by atoms with Gasteiger partial charge < -0.3 is 15.0 Å². The van der Waals surface area contributed by atoms with E-state index in [9.17, 15) is 0 Å². The predicted octanol–water partition coefficient (Wildman–Crippen LogP) is 2.08. The maximum Gasteiger partial charge on any atom is 0.132 e. The van der Waals surface area contributed by atoms with Crippen LogP contribution in [0.2, 0.25) is 0 Å². The van der Waals surface area contributed by atoms with Gasteiger partial charge >= 0.3 is 0 Å². The molecule has 3 rings (SSSR count). The summed E-state index contributed by atoms with van der Waals surface area (Å²) in [4.78, 5) is 11.3. The molecule has 2 aromatic rings. The molecule has 1 aliphatic heterocycles. The molecular formula is C17H22N4O. The maximum absolute atomic E-state index is 5.80. The highest BCUT2D eigenvalue weighted by atomic mass is 16.5. The monoisotopic (exact) mass is 298 g/mol. The lowest BCUT2D eigenvalue weighted by molar-refractivity contribution is 0.0249. The molecule has 5 nitrogen and oxygen atoms in total. The summed E-state index contributed by atoms with van der Waals surface area (Å²) in [7, 11) is 2.05. The number of nitrogens with zero attached hydrogens (tertiary/aromatic N) is 3. The first-order valence-electron chi connectivity index (χ1n) is 7.65. The van der Waals surface area contributed by atoms with E-state index < -0.39 is 0 Å². The van der Waals surface area contributed by atoms with Crippen molar-refractivity contribution >= 4 is 5.82 Å². The van der Waals surface area contributed by atoms with Gasteiger partial charge in [0.1, 0.15) is 17.7 Å². The van der Waals surface area contributed by atoms with Crippen molar-refractivity contribution < 1.29 is 4.74 Å². The van der Waals surface area contributed by atoms with Crippen LogP contribution in [0.1, 0.15) is 23.2 Å². The van der Waals surface area contributed by atoms with Crippen molar-refractivity contribution in [1.29, 1.82) is 0 Å². The highest BCUT2D eigenvalue weighted by Gasteiger charge is 2.19. The Bertz CT molecular complexity index is 611. The van der Waals surface area contributed by atoms with Crippen LogP contribution in [0.25, 0.3) is 0 Å². The minimum absolute atomic E-state index is 0.0133. The maximum atomic E-state index is 5.80. The Morgan fingerprint density at radius 2 is 2.09 bits per heavy atom. The van der Waals surface area contributed by atoms with Crippen molar-refractivity contribution in [2.45, 2.75) is 19.6 Å². The van der Waals surface area contributed by atoms with Crippen molar-refractivity contribution in [1.82, 2.24) is 15.3 Å². The average Bonchev–Trinajstić information content (AvgIpc) is 2.56. The molecule has 0 amide bonds. The third kappa shape index (κ3) is 3.61. The number of hydrogen-bond donors (Lipinski definition) is 1. The standard InChI is InChI=1S/C17H22N4O/c1-13-19-15(16-11-18-8-9-22-16)10-17(20-13)21(2)12-14-6-4-3-5-7-14/h3-7,10,16,18H,8-9,11-12H2,1-2H3. The van der Waals surface area contributed by atoms with Crippen LogP contribution in [0.5, 0.6) is 0 Å². The fraction of sp³-hybridized carbons (Fsp3) is 0.412. The van der Waals surface area contributed by atoms with E-state index in [0.717, 1.165) is 43.6 Å². The zero-order valence-electron chi connectivity index (χ0n) is 13.1. The number of nitrogens with one attached hydrogen (secondary N) is 1. The second-order valence-corrected chi connectivity index (χ2v) is 5.60. The Labute approximate surface area is 131 Å². The average molecular weight is 298 g/mol. The van der Waals surface area contributed by atoms with Crippen molar-refractivity contribution in [3.8, 4) is 0 Å². The molecule has 1 unspecified atom stereocenters. The van der Waals surface area contributed by atoms with Crippen LogP contribution in [-0.4, -0.2) is 36.7 Å². The number of anilines is 1. The first-order valence-corrected chi connectivity index (χ1v) is 7.65. The van der Waals surface area contributed by atoms with Crippen molar-refractivity contribution in [2.24, 2.45) is 0 Å². The van der Waals surface area contributed by atoms with Gasteiger partial charge in [-0.2, -0.15) is 0 Å². The summed E-state index contributed by atoms with van der Waals surface area (Å²) in [5.74, 6) is 1.71. The van der Waals surface area contributed by atoms with E-state index >= 15 is 0 Å². The minimum Gasteiger partial charge on any atom is -0.369 e. The highest BCUT2D eigenvalue weighted by molar-refractivity contribution is 5.40. The van der Waals surface area contributed by atoms with Crippen molar-refractivity contribution in [3.05, 3.63) is 53.5 Å². The zero-order chi connectivity index (χ0) is 15.4. The summed E-state index contributed by atoms with van der Waals surface area (Å²) in [6.45, 7) is 5.18. The number of benzene rings is 1. The van der Waals surface area contributed by atoms with Crippen LogP contribution in [0, 0.1) is 6.92 Å². The van der Waals surface area contributed by atoms with Crippen LogP contribution in [-0.2, 0) is 11.3 Å². The summed E-state index contributed by atoms with van der Waals surface area (Å²) < 4.78 is 5.80. The van der Waals surface area contributed by atoms with Gasteiger partial charge in [-0.15, -0.1) is 0 Å². The summed E-state index contributed by atoms with van der Waals surface area (Å²) in [5.41, 5.74) is 2.22. The van der Waals surface area contributed by atoms with Gasteiger partial charge in [-0.3, -0.25) is 0 Å². The molecule has 1 N–H and O–H groups in total. The number of morpholine rings is 1. The molecule has 0 radical (unpaired) electrons. The third-order valence-corrected chi connectivity index (χ3v) is 3.76. The number of aromatic nitrogens is 2. The van der Waals surface area contributed by atoms with Gasteiger partial charge in [0, 0.05) is 32.7 Å². The SMILES string of the molecule is Cc1nc(C2CNCCO2)cc(N(C)Cc2ccccc2)n1. The van der Waals surface area contributed by atoms with E-state index in [-0.39, 0.29) is 6.10 Å². The summed E-state index contributed by atoms with van der Waals surface area (Å²) in [6.07, 6.45) is 0.0133. The molecule has 1 atom stereocenters. The molecule has 1 aliphatic rings. The molecule has 1 saturated heterocycles. The van der Waals surface area contributed by atoms with Gasteiger partial charge in [-0.1, -0.05) is 30.3 Å². The number of ether oxygens (including phenoxy) is 1. The van der Waals surface area contributed by atoms with Gasteiger partial charge in [0.25, 0.3) is 0 Å². The van der Waals surface area contributed by atoms with Crippen LogP contribution in [0.3, 0.4) is 0 Å². The Hall–Kier alpha value is -1.98. The molecule has 0 bridgehead atoms. The van der Waals surface area contributed by atoms with E-state index in [1.165, 1.54) is 5.56 Å². The molecule has 1 fully saturated rings. The number of hydrogen-bond acceptors (Lipinski definition) is 5. The van der Waals surface area contributed by atoms with Crippen LogP contribution >= 0.6 is 0 Å². The molecule has 116 valence electrons. The van der Waals surface area contributed by atoms with E-state index in [4.69, 9.17) is 4.74 Å². The lowest BCUT2D eigenvalue weighted by Crippen LogP contribution is -2.34. The Kier molecular flexibility index (Phi) is 4.65. The fourth-order valence-corrected chi connectivity index (χ4v) is 2.63. The number of aryl methyl sites for hydroxylation is 1. The first kappa shape index (κ1) is 14.9. The van der Waals surface area contributed by atoms with Gasteiger partial charge in [0.15, 0.2) is 0 Å². The van der Waals surface area contributed by atoms with Crippen LogP contribution < -0.4 is 10.2 Å². The summed E-state index contributed by atoms with van der Waals surface area (Å²) in [5, 5.41) is 3.34.